The number of carbonyl (C=O) groups is 1. The summed E-state index contributed by atoms with van der Waals surface area (Å²) in [6.07, 6.45) is -2.58. The molecule has 140 valence electrons. The zero-order valence-corrected chi connectivity index (χ0v) is 14.9. The number of benzene rings is 1. The Bertz CT molecular complexity index is 587. The van der Waals surface area contributed by atoms with Crippen molar-refractivity contribution in [3.63, 3.8) is 0 Å². The maximum Gasteiger partial charge on any atom is 0.397 e. The van der Waals surface area contributed by atoms with E-state index in [4.69, 9.17) is 0 Å². The fraction of sp³-hybridized carbons (Fsp3) is 0.588. The van der Waals surface area contributed by atoms with Gasteiger partial charge in [-0.1, -0.05) is 6.07 Å². The van der Waals surface area contributed by atoms with Crippen molar-refractivity contribution in [2.75, 3.05) is 31.1 Å². The van der Waals surface area contributed by atoms with Gasteiger partial charge in [0.1, 0.15) is 5.82 Å². The molecule has 3 nitrogen and oxygen atoms in total. The van der Waals surface area contributed by atoms with E-state index in [1.807, 2.05) is 13.0 Å². The third-order valence-corrected chi connectivity index (χ3v) is 5.27. The number of aryl methyl sites for hydroxylation is 1. The standard InChI is InChI=1S/C17H22F4N2OS/c1-12-10-14(18)2-3-15(12)13-4-7-23(8-5-13)16(24)22-6-9-25-11-17(19,20)21/h2-3,10,13H,4-9,11H2,1H3,(H,22,24). The number of thioether (sulfide) groups is 1. The van der Waals surface area contributed by atoms with E-state index in [0.29, 0.717) is 19.0 Å². The summed E-state index contributed by atoms with van der Waals surface area (Å²) in [5.74, 6) is -0.615. The summed E-state index contributed by atoms with van der Waals surface area (Å²) in [5, 5.41) is 2.66. The molecule has 1 aromatic rings. The van der Waals surface area contributed by atoms with Gasteiger partial charge in [-0.15, -0.1) is 0 Å². The van der Waals surface area contributed by atoms with E-state index in [1.165, 1.54) is 12.1 Å². The van der Waals surface area contributed by atoms with Gasteiger partial charge in [0.2, 0.25) is 0 Å². The van der Waals surface area contributed by atoms with Gasteiger partial charge in [-0.3, -0.25) is 0 Å². The highest BCUT2D eigenvalue weighted by Gasteiger charge is 2.27. The molecule has 1 aromatic carbocycles. The molecular formula is C17H22F4N2OS. The van der Waals surface area contributed by atoms with Crippen molar-refractivity contribution in [1.29, 1.82) is 0 Å². The smallest absolute Gasteiger partial charge is 0.337 e. The van der Waals surface area contributed by atoms with Gasteiger partial charge in [0.05, 0.1) is 5.75 Å². The second-order valence-electron chi connectivity index (χ2n) is 6.16. The summed E-state index contributed by atoms with van der Waals surface area (Å²) >= 11 is 0.760. The van der Waals surface area contributed by atoms with E-state index in [0.717, 1.165) is 35.7 Å². The maximum atomic E-state index is 13.2. The van der Waals surface area contributed by atoms with Crippen LogP contribution < -0.4 is 5.32 Å². The lowest BCUT2D eigenvalue weighted by molar-refractivity contribution is -0.105. The number of halogens is 4. The molecule has 8 heteroatoms. The average molecular weight is 378 g/mol. The number of rotatable bonds is 5. The van der Waals surface area contributed by atoms with Crippen molar-refractivity contribution in [3.8, 4) is 0 Å². The minimum atomic E-state index is -4.17. The molecule has 1 heterocycles. The third kappa shape index (κ3) is 6.41. The molecule has 0 saturated carbocycles. The highest BCUT2D eigenvalue weighted by Crippen LogP contribution is 2.30. The summed E-state index contributed by atoms with van der Waals surface area (Å²) in [6.45, 7) is 3.28. The molecular weight excluding hydrogens is 356 g/mol. The number of nitrogens with zero attached hydrogens (tertiary/aromatic N) is 1. The molecule has 0 atom stereocenters. The van der Waals surface area contributed by atoms with E-state index < -0.39 is 11.9 Å². The van der Waals surface area contributed by atoms with Crippen molar-refractivity contribution < 1.29 is 22.4 Å². The number of nitrogens with one attached hydrogen (secondary N) is 1. The van der Waals surface area contributed by atoms with E-state index in [-0.39, 0.29) is 24.1 Å². The van der Waals surface area contributed by atoms with Crippen LogP contribution in [-0.4, -0.2) is 48.2 Å². The van der Waals surface area contributed by atoms with Crippen molar-refractivity contribution >= 4 is 17.8 Å². The predicted octanol–water partition coefficient (Wildman–Crippen LogP) is 4.32. The summed E-state index contributed by atoms with van der Waals surface area (Å²) in [5.41, 5.74) is 2.04. The molecule has 1 fully saturated rings. The Kier molecular flexibility index (Phi) is 6.98. The molecule has 2 amide bonds. The molecule has 0 aromatic heterocycles. The first kappa shape index (κ1) is 19.9. The normalized spacial score (nSPS) is 16.1. The molecule has 1 saturated heterocycles. The van der Waals surface area contributed by atoms with Gasteiger partial charge in [0, 0.05) is 25.4 Å². The minimum absolute atomic E-state index is 0.219. The number of hydrogen-bond acceptors (Lipinski definition) is 2. The molecule has 0 radical (unpaired) electrons. The van der Waals surface area contributed by atoms with Crippen LogP contribution >= 0.6 is 11.8 Å². The average Bonchev–Trinajstić information content (AvgIpc) is 2.53. The van der Waals surface area contributed by atoms with Gasteiger partial charge in [-0.25, -0.2) is 9.18 Å². The molecule has 0 spiro atoms. The number of piperidine rings is 1. The first-order chi connectivity index (χ1) is 11.8. The highest BCUT2D eigenvalue weighted by atomic mass is 32.2. The van der Waals surface area contributed by atoms with Crippen LogP contribution in [0.1, 0.15) is 29.9 Å². The maximum absolute atomic E-state index is 13.2. The van der Waals surface area contributed by atoms with Gasteiger partial charge < -0.3 is 10.2 Å². The fourth-order valence-electron chi connectivity index (χ4n) is 3.02. The quantitative estimate of drug-likeness (QED) is 0.611. The van der Waals surface area contributed by atoms with Crippen LogP contribution in [0.15, 0.2) is 18.2 Å². The zero-order valence-electron chi connectivity index (χ0n) is 14.0. The molecule has 0 aliphatic carbocycles. The van der Waals surface area contributed by atoms with Crippen LogP contribution in [0.3, 0.4) is 0 Å². The van der Waals surface area contributed by atoms with Gasteiger partial charge in [0.25, 0.3) is 0 Å². The number of carbonyl (C=O) groups excluding carboxylic acids is 1. The Hall–Kier alpha value is -1.44. The molecule has 2 rings (SSSR count). The van der Waals surface area contributed by atoms with E-state index >= 15 is 0 Å². The Balaban J connectivity index is 1.71. The Morgan fingerprint density at radius 3 is 2.60 bits per heavy atom. The molecule has 1 aliphatic rings. The van der Waals surface area contributed by atoms with Crippen LogP contribution in [0, 0.1) is 12.7 Å². The number of amides is 2. The van der Waals surface area contributed by atoms with E-state index in [9.17, 15) is 22.4 Å². The fourth-order valence-corrected chi connectivity index (χ4v) is 3.64. The van der Waals surface area contributed by atoms with Crippen LogP contribution in [0.2, 0.25) is 0 Å². The SMILES string of the molecule is Cc1cc(F)ccc1C1CCN(C(=O)NCCSCC(F)(F)F)CC1. The molecule has 0 unspecified atom stereocenters. The van der Waals surface area contributed by atoms with Gasteiger partial charge in [-0.2, -0.15) is 24.9 Å². The lowest BCUT2D eigenvalue weighted by Crippen LogP contribution is -2.44. The Morgan fingerprint density at radius 1 is 1.32 bits per heavy atom. The second kappa shape index (κ2) is 8.78. The number of urea groups is 1. The largest absolute Gasteiger partial charge is 0.397 e. The van der Waals surface area contributed by atoms with Crippen molar-refractivity contribution in [2.45, 2.75) is 31.9 Å². The van der Waals surface area contributed by atoms with Crippen molar-refractivity contribution in [1.82, 2.24) is 10.2 Å². The summed E-state index contributed by atoms with van der Waals surface area (Å²) < 4.78 is 49.3. The number of likely N-dealkylation sites (tertiary alicyclic amines) is 1. The summed E-state index contributed by atoms with van der Waals surface area (Å²) in [6, 6.07) is 4.55. The van der Waals surface area contributed by atoms with Gasteiger partial charge in [-0.05, 0) is 48.9 Å². The topological polar surface area (TPSA) is 32.3 Å². The third-order valence-electron chi connectivity index (χ3n) is 4.24. The summed E-state index contributed by atoms with van der Waals surface area (Å²) in [4.78, 5) is 13.7. The van der Waals surface area contributed by atoms with E-state index in [1.54, 1.807) is 4.90 Å². The van der Waals surface area contributed by atoms with Crippen LogP contribution in [0.4, 0.5) is 22.4 Å². The first-order valence-corrected chi connectivity index (χ1v) is 9.35. The van der Waals surface area contributed by atoms with Crippen LogP contribution in [0.25, 0.3) is 0 Å². The lowest BCUT2D eigenvalue weighted by atomic mass is 9.87. The van der Waals surface area contributed by atoms with Crippen LogP contribution in [-0.2, 0) is 0 Å². The lowest BCUT2D eigenvalue weighted by Gasteiger charge is -2.32. The second-order valence-corrected chi connectivity index (χ2v) is 7.27. The van der Waals surface area contributed by atoms with Crippen molar-refractivity contribution in [2.24, 2.45) is 0 Å². The molecule has 0 bridgehead atoms. The number of alkyl halides is 3. The van der Waals surface area contributed by atoms with Gasteiger partial charge >= 0.3 is 12.2 Å². The number of hydrogen-bond donors (Lipinski definition) is 1. The monoisotopic (exact) mass is 378 g/mol. The first-order valence-electron chi connectivity index (χ1n) is 8.19. The van der Waals surface area contributed by atoms with Crippen LogP contribution in [0.5, 0.6) is 0 Å². The molecule has 1 aliphatic heterocycles. The minimum Gasteiger partial charge on any atom is -0.337 e. The Labute approximate surface area is 149 Å². The van der Waals surface area contributed by atoms with Crippen molar-refractivity contribution in [3.05, 3.63) is 35.1 Å². The van der Waals surface area contributed by atoms with E-state index in [2.05, 4.69) is 5.32 Å². The summed E-state index contributed by atoms with van der Waals surface area (Å²) in [7, 11) is 0. The Morgan fingerprint density at radius 2 is 2.00 bits per heavy atom. The highest BCUT2D eigenvalue weighted by molar-refractivity contribution is 7.99. The predicted molar refractivity (Wildman–Crippen MR) is 91.5 cm³/mol. The molecule has 25 heavy (non-hydrogen) atoms. The molecule has 1 N–H and O–H groups in total. The van der Waals surface area contributed by atoms with Gasteiger partial charge in [0.15, 0.2) is 0 Å². The zero-order chi connectivity index (χ0) is 18.4.